The number of hydrogen-bond donors (Lipinski definition) is 1. The van der Waals surface area contributed by atoms with Gasteiger partial charge in [-0.15, -0.1) is 0 Å². The van der Waals surface area contributed by atoms with Crippen LogP contribution in [0.4, 0.5) is 5.69 Å². The summed E-state index contributed by atoms with van der Waals surface area (Å²) in [5.41, 5.74) is 4.42. The zero-order valence-electron chi connectivity index (χ0n) is 14.8. The molecule has 0 bridgehead atoms. The molecule has 0 unspecified atom stereocenters. The van der Waals surface area contributed by atoms with Crippen LogP contribution in [0.25, 0.3) is 0 Å². The van der Waals surface area contributed by atoms with Crippen molar-refractivity contribution in [2.24, 2.45) is 13.0 Å². The van der Waals surface area contributed by atoms with E-state index in [-0.39, 0.29) is 17.9 Å². The molecule has 2 aromatic rings. The van der Waals surface area contributed by atoms with Crippen LogP contribution in [0.2, 0.25) is 0 Å². The van der Waals surface area contributed by atoms with Crippen LogP contribution in [-0.4, -0.2) is 27.5 Å². The molecule has 1 N–H and O–H groups in total. The third kappa shape index (κ3) is 2.73. The van der Waals surface area contributed by atoms with Gasteiger partial charge in [0.05, 0.1) is 17.7 Å². The number of nitrogens with one attached hydrogen (secondary N) is 1. The lowest BCUT2D eigenvalue weighted by Gasteiger charge is -2.19. The molecule has 3 heterocycles. The smallest absolute Gasteiger partial charge is 0.230 e. The standard InChI is InChI=1S/C17H24N4O3/c1-6-13-15(11(4)24-20-13)18-17(22)12-7-8-23-16(12)14-9(2)19-21(5)10(14)3/h12,16H,6-8H2,1-5H3,(H,18,22)/t12-,16-/m0/s1. The highest BCUT2D eigenvalue weighted by Crippen LogP contribution is 2.38. The Balaban J connectivity index is 1.85. The molecule has 0 aromatic carbocycles. The van der Waals surface area contributed by atoms with E-state index in [2.05, 4.69) is 15.6 Å². The molecule has 1 saturated heterocycles. The fourth-order valence-electron chi connectivity index (χ4n) is 3.38. The summed E-state index contributed by atoms with van der Waals surface area (Å²) < 4.78 is 12.9. The molecule has 7 nitrogen and oxygen atoms in total. The zero-order valence-corrected chi connectivity index (χ0v) is 14.8. The van der Waals surface area contributed by atoms with Gasteiger partial charge in [0.2, 0.25) is 5.91 Å². The second-order valence-electron chi connectivity index (χ2n) is 6.30. The summed E-state index contributed by atoms with van der Waals surface area (Å²) in [6, 6.07) is 0. The minimum absolute atomic E-state index is 0.0545. The van der Waals surface area contributed by atoms with Crippen LogP contribution in [0.1, 0.15) is 47.9 Å². The molecule has 1 fully saturated rings. The Morgan fingerprint density at radius 1 is 1.38 bits per heavy atom. The van der Waals surface area contributed by atoms with Crippen LogP contribution < -0.4 is 5.32 Å². The van der Waals surface area contributed by atoms with E-state index in [9.17, 15) is 4.79 Å². The normalized spacial score (nSPS) is 20.5. The van der Waals surface area contributed by atoms with Crippen LogP contribution in [0.5, 0.6) is 0 Å². The Bertz CT molecular complexity index is 762. The van der Waals surface area contributed by atoms with Gasteiger partial charge in [0.25, 0.3) is 0 Å². The predicted molar refractivity (Wildman–Crippen MR) is 88.7 cm³/mol. The summed E-state index contributed by atoms with van der Waals surface area (Å²) in [4.78, 5) is 12.9. The van der Waals surface area contributed by atoms with Crippen molar-refractivity contribution < 1.29 is 14.1 Å². The maximum absolute atomic E-state index is 12.9. The quantitative estimate of drug-likeness (QED) is 0.930. The third-order valence-corrected chi connectivity index (χ3v) is 4.79. The molecule has 3 rings (SSSR count). The first-order valence-corrected chi connectivity index (χ1v) is 8.31. The average molecular weight is 332 g/mol. The minimum atomic E-state index is -0.260. The summed E-state index contributed by atoms with van der Waals surface area (Å²) in [7, 11) is 1.91. The van der Waals surface area contributed by atoms with Gasteiger partial charge in [-0.05, 0) is 33.6 Å². The summed E-state index contributed by atoms with van der Waals surface area (Å²) >= 11 is 0. The van der Waals surface area contributed by atoms with Crippen molar-refractivity contribution in [3.05, 3.63) is 28.4 Å². The van der Waals surface area contributed by atoms with E-state index in [1.165, 1.54) is 0 Å². The number of amides is 1. The van der Waals surface area contributed by atoms with Crippen LogP contribution in [0, 0.1) is 26.7 Å². The molecule has 0 aliphatic carbocycles. The van der Waals surface area contributed by atoms with Gasteiger partial charge in [0, 0.05) is 24.9 Å². The number of carbonyl (C=O) groups excluding carboxylic acids is 1. The Hall–Kier alpha value is -2.15. The molecule has 130 valence electrons. The van der Waals surface area contributed by atoms with Crippen LogP contribution in [-0.2, 0) is 23.0 Å². The van der Waals surface area contributed by atoms with E-state index < -0.39 is 0 Å². The van der Waals surface area contributed by atoms with Crippen LogP contribution >= 0.6 is 0 Å². The van der Waals surface area contributed by atoms with Gasteiger partial charge in [0.15, 0.2) is 5.76 Å². The second-order valence-corrected chi connectivity index (χ2v) is 6.30. The number of carbonyl (C=O) groups is 1. The Morgan fingerprint density at radius 2 is 2.12 bits per heavy atom. The monoisotopic (exact) mass is 332 g/mol. The highest BCUT2D eigenvalue weighted by atomic mass is 16.5. The molecular weight excluding hydrogens is 308 g/mol. The predicted octanol–water partition coefficient (Wildman–Crippen LogP) is 2.61. The molecule has 0 saturated carbocycles. The van der Waals surface area contributed by atoms with Crippen molar-refractivity contribution in [1.82, 2.24) is 14.9 Å². The maximum atomic E-state index is 12.9. The minimum Gasteiger partial charge on any atom is -0.373 e. The van der Waals surface area contributed by atoms with Crippen LogP contribution in [0.15, 0.2) is 4.52 Å². The Morgan fingerprint density at radius 3 is 2.75 bits per heavy atom. The number of nitrogens with zero attached hydrogens (tertiary/aromatic N) is 3. The molecule has 0 radical (unpaired) electrons. The van der Waals surface area contributed by atoms with Gasteiger partial charge in [-0.1, -0.05) is 12.1 Å². The molecular formula is C17H24N4O3. The summed E-state index contributed by atoms with van der Waals surface area (Å²) in [5, 5.41) is 11.4. The first kappa shape index (κ1) is 16.7. The first-order valence-electron chi connectivity index (χ1n) is 8.31. The molecule has 1 amide bonds. The van der Waals surface area contributed by atoms with Crippen molar-refractivity contribution in [2.45, 2.75) is 46.6 Å². The number of aromatic nitrogens is 3. The van der Waals surface area contributed by atoms with Crippen molar-refractivity contribution >= 4 is 11.6 Å². The molecule has 1 aliphatic heterocycles. The van der Waals surface area contributed by atoms with Crippen molar-refractivity contribution in [2.75, 3.05) is 11.9 Å². The Kier molecular flexibility index (Phi) is 4.45. The number of aryl methyl sites for hydroxylation is 4. The molecule has 24 heavy (non-hydrogen) atoms. The SMILES string of the molecule is CCc1noc(C)c1NC(=O)[C@H]1CCO[C@@H]1c1c(C)nn(C)c1C. The molecule has 2 aromatic heterocycles. The van der Waals surface area contributed by atoms with E-state index in [4.69, 9.17) is 9.26 Å². The highest BCUT2D eigenvalue weighted by molar-refractivity contribution is 5.94. The third-order valence-electron chi connectivity index (χ3n) is 4.79. The molecule has 1 aliphatic rings. The van der Waals surface area contributed by atoms with Crippen molar-refractivity contribution in [3.8, 4) is 0 Å². The largest absolute Gasteiger partial charge is 0.373 e. The van der Waals surface area contributed by atoms with Gasteiger partial charge in [-0.3, -0.25) is 9.48 Å². The summed E-state index contributed by atoms with van der Waals surface area (Å²) in [5.74, 6) is 0.330. The van der Waals surface area contributed by atoms with E-state index >= 15 is 0 Å². The first-order chi connectivity index (χ1) is 11.4. The van der Waals surface area contributed by atoms with E-state index in [1.807, 2.05) is 32.5 Å². The molecule has 2 atom stereocenters. The topological polar surface area (TPSA) is 82.2 Å². The summed E-state index contributed by atoms with van der Waals surface area (Å²) in [6.07, 6.45) is 1.14. The van der Waals surface area contributed by atoms with E-state index in [0.29, 0.717) is 30.9 Å². The van der Waals surface area contributed by atoms with Gasteiger partial charge in [0.1, 0.15) is 11.4 Å². The number of hydrogen-bond acceptors (Lipinski definition) is 5. The number of rotatable bonds is 4. The van der Waals surface area contributed by atoms with Crippen molar-refractivity contribution in [1.29, 1.82) is 0 Å². The second kappa shape index (κ2) is 6.39. The lowest BCUT2D eigenvalue weighted by atomic mass is 9.93. The van der Waals surface area contributed by atoms with Crippen LogP contribution in [0.3, 0.4) is 0 Å². The van der Waals surface area contributed by atoms with Crippen molar-refractivity contribution in [3.63, 3.8) is 0 Å². The van der Waals surface area contributed by atoms with Gasteiger partial charge in [-0.25, -0.2) is 0 Å². The number of anilines is 1. The Labute approximate surface area is 141 Å². The molecule has 7 heteroatoms. The number of ether oxygens (including phenoxy) is 1. The van der Waals surface area contributed by atoms with E-state index in [1.54, 1.807) is 6.92 Å². The highest BCUT2D eigenvalue weighted by Gasteiger charge is 2.38. The molecule has 0 spiro atoms. The maximum Gasteiger partial charge on any atom is 0.230 e. The summed E-state index contributed by atoms with van der Waals surface area (Å²) in [6.45, 7) is 8.32. The lowest BCUT2D eigenvalue weighted by Crippen LogP contribution is -2.26. The average Bonchev–Trinajstić information content (AvgIpc) is 3.20. The van der Waals surface area contributed by atoms with Gasteiger partial charge >= 0.3 is 0 Å². The van der Waals surface area contributed by atoms with E-state index in [0.717, 1.165) is 22.6 Å². The van der Waals surface area contributed by atoms with Gasteiger partial charge < -0.3 is 14.6 Å². The zero-order chi connectivity index (χ0) is 17.4. The fourth-order valence-corrected chi connectivity index (χ4v) is 3.38. The lowest BCUT2D eigenvalue weighted by molar-refractivity contribution is -0.121. The van der Waals surface area contributed by atoms with Gasteiger partial charge in [-0.2, -0.15) is 5.10 Å². The fraction of sp³-hybridized carbons (Fsp3) is 0.588.